The molecular weight excluding hydrogens is 126 g/mol. The predicted molar refractivity (Wildman–Crippen MR) is 22.6 cm³/mol. The minimum absolute atomic E-state index is 0.750. The third kappa shape index (κ3) is 19.4. The Bertz CT molecular complexity index is 107. The quantitative estimate of drug-likeness (QED) is 0.378. The monoisotopic (exact) mass is 129 g/mol. The predicted octanol–water partition coefficient (Wildman–Crippen LogP) is -0.480. The molecule has 6 nitrogen and oxygen atoms in total. The Morgan fingerprint density at radius 3 is 0.667 bits per heavy atom. The van der Waals surface area contributed by atoms with E-state index in [1.807, 2.05) is 0 Å². The number of nitriles is 3. The minimum atomic E-state index is 0.750. The molecule has 0 radical (unpaired) electrons. The Labute approximate surface area is 51.0 Å². The Hall–Kier alpha value is -2.13. The Kier molecular flexibility index (Phi) is 323. The van der Waals surface area contributed by atoms with Gasteiger partial charge in [0.05, 0.1) is 0 Å². The van der Waals surface area contributed by atoms with Crippen LogP contribution in [0.1, 0.15) is 0 Å². The maximum absolute atomic E-state index is 6.88. The van der Waals surface area contributed by atoms with Gasteiger partial charge in [0.25, 0.3) is 18.8 Å². The zero-order valence-corrected chi connectivity index (χ0v) is 4.18. The van der Waals surface area contributed by atoms with Gasteiger partial charge in [-0.1, -0.05) is 0 Å². The third-order valence-electron chi connectivity index (χ3n) is 0. The van der Waals surface area contributed by atoms with Gasteiger partial charge in [-0.05, 0) is 0 Å². The average Bonchev–Trinajstić information content (AvgIpc) is 1.70. The van der Waals surface area contributed by atoms with E-state index in [-0.39, 0.29) is 0 Å². The maximum Gasteiger partial charge on any atom is 0.283 e. The molecule has 0 aliphatic heterocycles. The summed E-state index contributed by atoms with van der Waals surface area (Å²) in [5.74, 6) is 0. The van der Waals surface area contributed by atoms with Gasteiger partial charge in [-0.25, -0.2) is 0 Å². The highest BCUT2D eigenvalue weighted by Crippen LogP contribution is 1.07. The molecule has 0 saturated heterocycles. The van der Waals surface area contributed by atoms with E-state index in [1.165, 1.54) is 0 Å². The molecule has 0 aliphatic rings. The van der Waals surface area contributed by atoms with Crippen LogP contribution in [0, 0.1) is 34.6 Å². The standard InChI is InChI=1S/3CHNO/c3*2-1-3/h3*3H. The Balaban J connectivity index is -0.0000000600. The Morgan fingerprint density at radius 1 is 0.667 bits per heavy atom. The molecule has 0 aromatic heterocycles. The fourth-order valence-electron chi connectivity index (χ4n) is 0. The van der Waals surface area contributed by atoms with Crippen molar-refractivity contribution in [3.05, 3.63) is 0 Å². The van der Waals surface area contributed by atoms with Crippen LogP contribution in [0.3, 0.4) is 0 Å². The second-order valence-corrected chi connectivity index (χ2v) is 0.300. The van der Waals surface area contributed by atoms with Crippen LogP contribution in [0.15, 0.2) is 0 Å². The summed E-state index contributed by atoms with van der Waals surface area (Å²) in [6.45, 7) is 0. The summed E-state index contributed by atoms with van der Waals surface area (Å²) in [6.07, 6.45) is 2.25. The molecule has 0 atom stereocenters. The van der Waals surface area contributed by atoms with Crippen LogP contribution < -0.4 is 0 Å². The van der Waals surface area contributed by atoms with E-state index in [1.54, 1.807) is 0 Å². The van der Waals surface area contributed by atoms with E-state index in [2.05, 4.69) is 0 Å². The highest BCUT2D eigenvalue weighted by Gasteiger charge is 1.17. The van der Waals surface area contributed by atoms with Crippen LogP contribution in [-0.4, -0.2) is 15.3 Å². The number of nitrogens with zero attached hydrogens (tertiary/aromatic N) is 3. The van der Waals surface area contributed by atoms with Crippen molar-refractivity contribution < 1.29 is 15.3 Å². The van der Waals surface area contributed by atoms with E-state index in [4.69, 9.17) is 31.1 Å². The van der Waals surface area contributed by atoms with Gasteiger partial charge in [0.1, 0.15) is 0 Å². The average molecular weight is 129 g/mol. The van der Waals surface area contributed by atoms with Gasteiger partial charge in [0, 0.05) is 0 Å². The minimum Gasteiger partial charge on any atom is -0.443 e. The number of rotatable bonds is 0. The lowest BCUT2D eigenvalue weighted by molar-refractivity contribution is 0.502. The lowest BCUT2D eigenvalue weighted by atomic mass is 11.6. The highest BCUT2D eigenvalue weighted by atomic mass is 16.2. The van der Waals surface area contributed by atoms with Crippen molar-refractivity contribution in [2.24, 2.45) is 0 Å². The highest BCUT2D eigenvalue weighted by molar-refractivity contribution is 4.31. The van der Waals surface area contributed by atoms with Crippen molar-refractivity contribution in [2.45, 2.75) is 0 Å². The molecule has 0 spiro atoms. The molecular formula is C3H3N3O3. The fourth-order valence-corrected chi connectivity index (χ4v) is 0. The smallest absolute Gasteiger partial charge is 0.283 e. The second kappa shape index (κ2) is 184. The maximum atomic E-state index is 6.88. The summed E-state index contributed by atoms with van der Waals surface area (Å²) < 4.78 is 0. The van der Waals surface area contributed by atoms with E-state index >= 15 is 0 Å². The van der Waals surface area contributed by atoms with Crippen LogP contribution in [0.4, 0.5) is 0 Å². The van der Waals surface area contributed by atoms with Crippen molar-refractivity contribution in [3.8, 4) is 18.8 Å². The number of aliphatic hydroxyl groups excluding tert-OH is 3. The summed E-state index contributed by atoms with van der Waals surface area (Å²) in [5, 5.41) is 41.2. The molecule has 0 bridgehead atoms. The molecule has 0 rings (SSSR count). The largest absolute Gasteiger partial charge is 0.443 e. The molecule has 0 aromatic carbocycles. The van der Waals surface area contributed by atoms with E-state index in [9.17, 15) is 0 Å². The normalized spacial score (nSPS) is 2.33. The molecule has 0 aliphatic carbocycles. The Morgan fingerprint density at radius 2 is 0.667 bits per heavy atom. The first-order chi connectivity index (χ1) is 4.24. The van der Waals surface area contributed by atoms with Crippen molar-refractivity contribution >= 4 is 0 Å². The zero-order chi connectivity index (χ0) is 8.12. The van der Waals surface area contributed by atoms with Crippen molar-refractivity contribution in [2.75, 3.05) is 0 Å². The van der Waals surface area contributed by atoms with E-state index in [0.29, 0.717) is 0 Å². The van der Waals surface area contributed by atoms with Crippen LogP contribution >= 0.6 is 0 Å². The summed E-state index contributed by atoms with van der Waals surface area (Å²) in [4.78, 5) is 0. The first-order valence-corrected chi connectivity index (χ1v) is 1.34. The number of hydrogen-bond donors (Lipinski definition) is 3. The van der Waals surface area contributed by atoms with Crippen LogP contribution in [0.2, 0.25) is 0 Å². The van der Waals surface area contributed by atoms with E-state index < -0.39 is 0 Å². The molecule has 3 N–H and O–H groups in total. The molecule has 48 valence electrons. The van der Waals surface area contributed by atoms with Crippen molar-refractivity contribution in [1.29, 1.82) is 15.8 Å². The van der Waals surface area contributed by atoms with Gasteiger partial charge in [0.2, 0.25) is 0 Å². The lowest BCUT2D eigenvalue weighted by Gasteiger charge is -1.25. The fraction of sp³-hybridized carbons (Fsp3) is 0. The van der Waals surface area contributed by atoms with Gasteiger partial charge in [-0.3, -0.25) is 0 Å². The molecule has 0 aromatic rings. The molecule has 0 fully saturated rings. The summed E-state index contributed by atoms with van der Waals surface area (Å²) >= 11 is 0. The molecule has 0 saturated carbocycles. The van der Waals surface area contributed by atoms with Crippen molar-refractivity contribution in [3.63, 3.8) is 0 Å². The summed E-state index contributed by atoms with van der Waals surface area (Å²) in [6, 6.07) is 0. The second-order valence-electron chi connectivity index (χ2n) is 0.300. The summed E-state index contributed by atoms with van der Waals surface area (Å²) in [5.41, 5.74) is 0. The van der Waals surface area contributed by atoms with E-state index in [0.717, 1.165) is 18.8 Å². The first-order valence-electron chi connectivity index (χ1n) is 1.34. The van der Waals surface area contributed by atoms with Gasteiger partial charge < -0.3 is 15.3 Å². The zero-order valence-electron chi connectivity index (χ0n) is 4.18. The molecule has 0 heterocycles. The molecule has 6 heteroatoms. The SMILES string of the molecule is N#CO.N#CO.N#CO. The van der Waals surface area contributed by atoms with Gasteiger partial charge in [0.15, 0.2) is 0 Å². The lowest BCUT2D eigenvalue weighted by Crippen LogP contribution is -1.27. The molecule has 0 unspecified atom stereocenters. The van der Waals surface area contributed by atoms with Crippen LogP contribution in [0.25, 0.3) is 0 Å². The third-order valence-corrected chi connectivity index (χ3v) is 0. The molecule has 9 heavy (non-hydrogen) atoms. The number of hydrogen-bond acceptors (Lipinski definition) is 6. The molecule has 0 amide bonds. The van der Waals surface area contributed by atoms with Crippen LogP contribution in [0.5, 0.6) is 0 Å². The number of aliphatic hydroxyl groups is 3. The topological polar surface area (TPSA) is 132 Å². The van der Waals surface area contributed by atoms with Gasteiger partial charge >= 0.3 is 0 Å². The first kappa shape index (κ1) is 15.8. The van der Waals surface area contributed by atoms with Crippen LogP contribution in [-0.2, 0) is 0 Å². The van der Waals surface area contributed by atoms with Crippen molar-refractivity contribution in [1.82, 2.24) is 0 Å². The van der Waals surface area contributed by atoms with Gasteiger partial charge in [-0.15, -0.1) is 0 Å². The summed E-state index contributed by atoms with van der Waals surface area (Å²) in [7, 11) is 0. The van der Waals surface area contributed by atoms with Gasteiger partial charge in [-0.2, -0.15) is 15.8 Å².